The minimum atomic E-state index is -3.81. The van der Waals surface area contributed by atoms with Gasteiger partial charge in [-0.15, -0.1) is 0 Å². The van der Waals surface area contributed by atoms with Gasteiger partial charge < -0.3 is 10.0 Å². The van der Waals surface area contributed by atoms with E-state index in [0.717, 1.165) is 16.0 Å². The third kappa shape index (κ3) is 4.46. The van der Waals surface area contributed by atoms with E-state index >= 15 is 0 Å². The number of nitrogens with one attached hydrogen (secondary N) is 1. The van der Waals surface area contributed by atoms with Gasteiger partial charge in [-0.25, -0.2) is 13.2 Å². The number of carbonyl (C=O) groups is 2. The summed E-state index contributed by atoms with van der Waals surface area (Å²) in [6, 6.07) is 9.71. The molecule has 7 nitrogen and oxygen atoms in total. The molecule has 2 rings (SSSR count). The molecule has 0 saturated carbocycles. The Balaban J connectivity index is 2.24. The second-order valence-electron chi connectivity index (χ2n) is 6.31. The lowest BCUT2D eigenvalue weighted by molar-refractivity contribution is -0.141. The zero-order chi connectivity index (χ0) is 20.4. The monoisotopic (exact) mass is 390 g/mol. The highest BCUT2D eigenvalue weighted by molar-refractivity contribution is 7.92. The van der Waals surface area contributed by atoms with Gasteiger partial charge in [0.25, 0.3) is 15.9 Å². The Hall–Kier alpha value is -2.87. The highest BCUT2D eigenvalue weighted by Crippen LogP contribution is 2.22. The summed E-state index contributed by atoms with van der Waals surface area (Å²) < 4.78 is 27.7. The van der Waals surface area contributed by atoms with E-state index < -0.39 is 27.9 Å². The molecule has 2 N–H and O–H groups in total. The van der Waals surface area contributed by atoms with Gasteiger partial charge in [0.05, 0.1) is 10.6 Å². The predicted molar refractivity (Wildman–Crippen MR) is 102 cm³/mol. The van der Waals surface area contributed by atoms with Crippen molar-refractivity contribution in [1.82, 2.24) is 4.90 Å². The summed E-state index contributed by atoms with van der Waals surface area (Å²) >= 11 is 0. The van der Waals surface area contributed by atoms with Crippen molar-refractivity contribution < 1.29 is 23.1 Å². The van der Waals surface area contributed by atoms with Gasteiger partial charge in [0, 0.05) is 12.6 Å². The Bertz CT molecular complexity index is 968. The van der Waals surface area contributed by atoms with Crippen molar-refractivity contribution in [2.75, 3.05) is 11.8 Å². The van der Waals surface area contributed by atoms with Crippen LogP contribution in [0.15, 0.2) is 47.4 Å². The lowest BCUT2D eigenvalue weighted by atomic mass is 10.1. The van der Waals surface area contributed by atoms with Crippen LogP contribution in [0.5, 0.6) is 0 Å². The molecule has 0 aliphatic heterocycles. The summed E-state index contributed by atoms with van der Waals surface area (Å²) in [5.41, 5.74) is 2.49. The van der Waals surface area contributed by atoms with Gasteiger partial charge in [-0.2, -0.15) is 0 Å². The highest BCUT2D eigenvalue weighted by atomic mass is 32.2. The van der Waals surface area contributed by atoms with Crippen molar-refractivity contribution in [3.63, 3.8) is 0 Å². The molecule has 0 heterocycles. The molecule has 0 saturated heterocycles. The number of aliphatic carboxylic acids is 1. The van der Waals surface area contributed by atoms with Crippen LogP contribution in [-0.2, 0) is 14.8 Å². The van der Waals surface area contributed by atoms with Crippen LogP contribution in [0, 0.1) is 13.8 Å². The molecule has 0 aliphatic rings. The number of hydrogen-bond donors (Lipinski definition) is 2. The maximum atomic E-state index is 12.6. The minimum absolute atomic E-state index is 0.00823. The molecule has 27 heavy (non-hydrogen) atoms. The van der Waals surface area contributed by atoms with Gasteiger partial charge in [0.15, 0.2) is 0 Å². The van der Waals surface area contributed by atoms with Crippen LogP contribution in [-0.4, -0.2) is 43.4 Å². The molecule has 0 aliphatic carbocycles. The van der Waals surface area contributed by atoms with Crippen LogP contribution in [0.4, 0.5) is 5.69 Å². The van der Waals surface area contributed by atoms with E-state index in [1.807, 2.05) is 19.9 Å². The number of aryl methyl sites for hydroxylation is 1. The van der Waals surface area contributed by atoms with E-state index in [2.05, 4.69) is 4.72 Å². The average molecular weight is 390 g/mol. The standard InChI is InChI=1S/C19H22N2O5S/c1-12-6-5-7-17(13(12)2)20-27(25,26)16-10-8-15(9-11-16)18(22)21(4)14(3)19(23)24/h5-11,14,20H,1-4H3,(H,23,24). The number of benzene rings is 2. The molecule has 0 bridgehead atoms. The third-order valence-corrected chi connectivity index (χ3v) is 5.90. The lowest BCUT2D eigenvalue weighted by Crippen LogP contribution is -2.40. The molecule has 0 spiro atoms. The number of carboxylic acid groups (broad SMARTS) is 1. The lowest BCUT2D eigenvalue weighted by Gasteiger charge is -2.21. The van der Waals surface area contributed by atoms with Crippen molar-refractivity contribution in [3.8, 4) is 0 Å². The molecule has 1 unspecified atom stereocenters. The maximum absolute atomic E-state index is 12.6. The number of nitrogens with zero attached hydrogens (tertiary/aromatic N) is 1. The summed E-state index contributed by atoms with van der Waals surface area (Å²) in [5, 5.41) is 9.00. The fraction of sp³-hybridized carbons (Fsp3) is 0.263. The van der Waals surface area contributed by atoms with Gasteiger partial charge in [0.2, 0.25) is 0 Å². The van der Waals surface area contributed by atoms with Crippen LogP contribution in [0.25, 0.3) is 0 Å². The molecule has 0 aromatic heterocycles. The van der Waals surface area contributed by atoms with E-state index in [0.29, 0.717) is 5.69 Å². The summed E-state index contributed by atoms with van der Waals surface area (Å²) in [5.74, 6) is -1.63. The molecule has 1 atom stereocenters. The summed E-state index contributed by atoms with van der Waals surface area (Å²) in [6.45, 7) is 5.11. The Morgan fingerprint density at radius 3 is 2.22 bits per heavy atom. The molecule has 144 valence electrons. The minimum Gasteiger partial charge on any atom is -0.480 e. The molecule has 0 radical (unpaired) electrons. The summed E-state index contributed by atoms with van der Waals surface area (Å²) in [4.78, 5) is 24.4. The number of sulfonamides is 1. The number of carboxylic acids is 1. The summed E-state index contributed by atoms with van der Waals surface area (Å²) in [7, 11) is -2.43. The summed E-state index contributed by atoms with van der Waals surface area (Å²) in [6.07, 6.45) is 0. The van der Waals surface area contributed by atoms with Crippen molar-refractivity contribution >= 4 is 27.6 Å². The largest absolute Gasteiger partial charge is 0.480 e. The fourth-order valence-electron chi connectivity index (χ4n) is 2.39. The molecule has 1 amide bonds. The van der Waals surface area contributed by atoms with Gasteiger partial charge in [-0.05, 0) is 62.2 Å². The SMILES string of the molecule is Cc1cccc(NS(=O)(=O)c2ccc(C(=O)N(C)C(C)C(=O)O)cc2)c1C. The second-order valence-corrected chi connectivity index (χ2v) is 7.99. The predicted octanol–water partition coefficient (Wildman–Crippen LogP) is 2.65. The van der Waals surface area contributed by atoms with Crippen molar-refractivity contribution in [2.24, 2.45) is 0 Å². The smallest absolute Gasteiger partial charge is 0.326 e. The molecule has 2 aromatic carbocycles. The number of likely N-dealkylation sites (N-methyl/N-ethyl adjacent to an activating group) is 1. The highest BCUT2D eigenvalue weighted by Gasteiger charge is 2.23. The van der Waals surface area contributed by atoms with Crippen LogP contribution >= 0.6 is 0 Å². The maximum Gasteiger partial charge on any atom is 0.326 e. The van der Waals surface area contributed by atoms with Crippen LogP contribution in [0.1, 0.15) is 28.4 Å². The van der Waals surface area contributed by atoms with Crippen LogP contribution in [0.3, 0.4) is 0 Å². The van der Waals surface area contributed by atoms with Gasteiger partial charge in [-0.3, -0.25) is 9.52 Å². The number of hydrogen-bond acceptors (Lipinski definition) is 4. The van der Waals surface area contributed by atoms with E-state index in [1.165, 1.54) is 38.2 Å². The number of carbonyl (C=O) groups excluding carboxylic acids is 1. The number of amides is 1. The Morgan fingerprint density at radius 1 is 1.07 bits per heavy atom. The second kappa shape index (κ2) is 7.79. The van der Waals surface area contributed by atoms with E-state index in [9.17, 15) is 18.0 Å². The first-order chi connectivity index (χ1) is 12.5. The fourth-order valence-corrected chi connectivity index (χ4v) is 3.51. The number of anilines is 1. The van der Waals surface area contributed by atoms with Crippen molar-refractivity contribution in [2.45, 2.75) is 31.7 Å². The molecule has 0 fully saturated rings. The Morgan fingerprint density at radius 2 is 1.67 bits per heavy atom. The number of rotatable bonds is 6. The zero-order valence-corrected chi connectivity index (χ0v) is 16.4. The van der Waals surface area contributed by atoms with E-state index in [1.54, 1.807) is 12.1 Å². The Kier molecular flexibility index (Phi) is 5.90. The first kappa shape index (κ1) is 20.4. The van der Waals surface area contributed by atoms with Crippen LogP contribution in [0.2, 0.25) is 0 Å². The van der Waals surface area contributed by atoms with Crippen molar-refractivity contribution in [3.05, 3.63) is 59.2 Å². The quantitative estimate of drug-likeness (QED) is 0.789. The first-order valence-corrected chi connectivity index (χ1v) is 9.72. The average Bonchev–Trinajstić information content (AvgIpc) is 2.63. The van der Waals surface area contributed by atoms with Crippen molar-refractivity contribution in [1.29, 1.82) is 0 Å². The normalized spacial score (nSPS) is 12.3. The topological polar surface area (TPSA) is 104 Å². The molecule has 8 heteroatoms. The van der Waals surface area contributed by atoms with Gasteiger partial charge in [0.1, 0.15) is 6.04 Å². The van der Waals surface area contributed by atoms with E-state index in [4.69, 9.17) is 5.11 Å². The van der Waals surface area contributed by atoms with Gasteiger partial charge >= 0.3 is 5.97 Å². The molecule has 2 aromatic rings. The molecular formula is C19H22N2O5S. The third-order valence-electron chi connectivity index (χ3n) is 4.52. The van der Waals surface area contributed by atoms with Gasteiger partial charge in [-0.1, -0.05) is 12.1 Å². The van der Waals surface area contributed by atoms with E-state index in [-0.39, 0.29) is 10.5 Å². The first-order valence-electron chi connectivity index (χ1n) is 8.23. The van der Waals surface area contributed by atoms with Crippen LogP contribution < -0.4 is 4.72 Å². The Labute approximate surface area is 158 Å². The molecular weight excluding hydrogens is 368 g/mol. The zero-order valence-electron chi connectivity index (χ0n) is 15.6.